The van der Waals surface area contributed by atoms with E-state index >= 15 is 0 Å². The van der Waals surface area contributed by atoms with Crippen LogP contribution in [0.4, 0.5) is 10.5 Å². The zero-order valence-corrected chi connectivity index (χ0v) is 20.6. The monoisotopic (exact) mass is 487 g/mol. The van der Waals surface area contributed by atoms with Gasteiger partial charge in [0.15, 0.2) is 0 Å². The number of nitrogens with one attached hydrogen (secondary N) is 1. The quantitative estimate of drug-likeness (QED) is 0.422. The van der Waals surface area contributed by atoms with Crippen molar-refractivity contribution in [2.24, 2.45) is 5.92 Å². The highest BCUT2D eigenvalue weighted by atomic mass is 16.4. The zero-order valence-electron chi connectivity index (χ0n) is 20.6. The SMILES string of the molecule is CC(C)C1N[C@@H]([C@H](O)[C@H](Cc2ccccc2)N(C(=O)O)c2ccccc2)C(=O)N1Cc1ccccc1. The molecule has 1 saturated heterocycles. The molecule has 7 heteroatoms. The zero-order chi connectivity index (χ0) is 25.7. The highest BCUT2D eigenvalue weighted by Gasteiger charge is 2.47. The van der Waals surface area contributed by atoms with E-state index in [0.717, 1.165) is 11.1 Å². The first-order valence-electron chi connectivity index (χ1n) is 12.3. The predicted octanol–water partition coefficient (Wildman–Crippen LogP) is 4.13. The molecule has 7 nitrogen and oxygen atoms in total. The minimum absolute atomic E-state index is 0.0899. The van der Waals surface area contributed by atoms with Gasteiger partial charge in [-0.05, 0) is 35.6 Å². The third-order valence-electron chi connectivity index (χ3n) is 6.66. The Labute approximate surface area is 212 Å². The Hall–Kier alpha value is -3.68. The van der Waals surface area contributed by atoms with E-state index in [1.807, 2.05) is 80.6 Å². The van der Waals surface area contributed by atoms with Gasteiger partial charge in [-0.1, -0.05) is 92.7 Å². The fourth-order valence-corrected chi connectivity index (χ4v) is 4.89. The normalized spacial score (nSPS) is 19.3. The first kappa shape index (κ1) is 25.4. The molecule has 0 bridgehead atoms. The smallest absolute Gasteiger partial charge is 0.412 e. The van der Waals surface area contributed by atoms with Crippen LogP contribution in [0.3, 0.4) is 0 Å². The fraction of sp³-hybridized carbons (Fsp3) is 0.310. The Bertz CT molecular complexity index is 1140. The molecule has 2 amide bonds. The minimum Gasteiger partial charge on any atom is -0.465 e. The van der Waals surface area contributed by atoms with Crippen molar-refractivity contribution in [3.8, 4) is 0 Å². The second kappa shape index (κ2) is 11.4. The van der Waals surface area contributed by atoms with Gasteiger partial charge in [-0.25, -0.2) is 4.79 Å². The van der Waals surface area contributed by atoms with Gasteiger partial charge in [-0.3, -0.25) is 15.0 Å². The van der Waals surface area contributed by atoms with Crippen LogP contribution in [0, 0.1) is 5.92 Å². The van der Waals surface area contributed by atoms with Crippen LogP contribution in [0.25, 0.3) is 0 Å². The number of hydrogen-bond acceptors (Lipinski definition) is 4. The van der Waals surface area contributed by atoms with Gasteiger partial charge in [0, 0.05) is 12.2 Å². The maximum atomic E-state index is 13.7. The molecule has 1 aliphatic rings. The van der Waals surface area contributed by atoms with Crippen molar-refractivity contribution in [3.63, 3.8) is 0 Å². The predicted molar refractivity (Wildman–Crippen MR) is 139 cm³/mol. The summed E-state index contributed by atoms with van der Waals surface area (Å²) in [5.41, 5.74) is 2.30. The number of aliphatic hydroxyl groups excluding tert-OH is 1. The molecule has 1 fully saturated rings. The van der Waals surface area contributed by atoms with Gasteiger partial charge in [0.2, 0.25) is 5.91 Å². The number of carbonyl (C=O) groups excluding carboxylic acids is 1. The van der Waals surface area contributed by atoms with Crippen molar-refractivity contribution in [1.82, 2.24) is 10.2 Å². The molecule has 36 heavy (non-hydrogen) atoms. The van der Waals surface area contributed by atoms with Crippen LogP contribution in [-0.2, 0) is 17.8 Å². The second-order valence-corrected chi connectivity index (χ2v) is 9.52. The summed E-state index contributed by atoms with van der Waals surface area (Å²) in [6, 6.07) is 26.0. The molecule has 3 aromatic rings. The van der Waals surface area contributed by atoms with E-state index in [1.54, 1.807) is 29.2 Å². The van der Waals surface area contributed by atoms with E-state index in [4.69, 9.17) is 0 Å². The third-order valence-corrected chi connectivity index (χ3v) is 6.66. The molecule has 0 radical (unpaired) electrons. The summed E-state index contributed by atoms with van der Waals surface area (Å²) in [5, 5.41) is 25.2. The second-order valence-electron chi connectivity index (χ2n) is 9.52. The number of hydrogen-bond donors (Lipinski definition) is 3. The lowest BCUT2D eigenvalue weighted by atomic mass is 9.94. The Morgan fingerprint density at radius 3 is 1.97 bits per heavy atom. The number of carboxylic acid groups (broad SMARTS) is 1. The summed E-state index contributed by atoms with van der Waals surface area (Å²) in [5.74, 6) is -0.145. The molecule has 4 rings (SSSR count). The number of anilines is 1. The molecule has 0 spiro atoms. The maximum absolute atomic E-state index is 13.7. The van der Waals surface area contributed by atoms with Crippen molar-refractivity contribution in [2.75, 3.05) is 4.90 Å². The summed E-state index contributed by atoms with van der Waals surface area (Å²) in [6.07, 6.45) is -2.51. The molecular weight excluding hydrogens is 454 g/mol. The molecule has 1 aliphatic heterocycles. The Balaban J connectivity index is 1.68. The van der Waals surface area contributed by atoms with E-state index in [9.17, 15) is 19.8 Å². The van der Waals surface area contributed by atoms with E-state index in [0.29, 0.717) is 12.2 Å². The largest absolute Gasteiger partial charge is 0.465 e. The first-order valence-corrected chi connectivity index (χ1v) is 12.3. The van der Waals surface area contributed by atoms with Crippen LogP contribution >= 0.6 is 0 Å². The molecule has 4 atom stereocenters. The Kier molecular flexibility index (Phi) is 8.03. The minimum atomic E-state index is -1.28. The Morgan fingerprint density at radius 1 is 0.917 bits per heavy atom. The number of amides is 2. The fourth-order valence-electron chi connectivity index (χ4n) is 4.89. The summed E-state index contributed by atoms with van der Waals surface area (Å²) in [4.78, 5) is 29.1. The van der Waals surface area contributed by atoms with Gasteiger partial charge < -0.3 is 15.1 Å². The summed E-state index contributed by atoms with van der Waals surface area (Å²) in [6.45, 7) is 4.45. The first-order chi connectivity index (χ1) is 17.4. The van der Waals surface area contributed by atoms with Gasteiger partial charge in [-0.2, -0.15) is 0 Å². The lowest BCUT2D eigenvalue weighted by Crippen LogP contribution is -2.56. The standard InChI is InChI=1S/C29H33N3O4/c1-20(2)27-30-25(28(34)31(27)19-22-14-8-4-9-15-22)26(33)24(18-21-12-6-3-7-13-21)32(29(35)36)23-16-10-5-11-17-23/h3-17,20,24-27,30,33H,18-19H2,1-2H3,(H,35,36)/t24-,25-,26+,27?/m0/s1. The van der Waals surface area contributed by atoms with Crippen LogP contribution in [0.5, 0.6) is 0 Å². The number of nitrogens with zero attached hydrogens (tertiary/aromatic N) is 2. The van der Waals surface area contributed by atoms with Crippen LogP contribution in [0.1, 0.15) is 25.0 Å². The van der Waals surface area contributed by atoms with E-state index < -0.39 is 24.3 Å². The highest BCUT2D eigenvalue weighted by molar-refractivity contribution is 5.88. The van der Waals surface area contributed by atoms with E-state index in [2.05, 4.69) is 5.32 Å². The van der Waals surface area contributed by atoms with Gasteiger partial charge in [0.1, 0.15) is 6.04 Å². The molecule has 0 aromatic heterocycles. The highest BCUT2D eigenvalue weighted by Crippen LogP contribution is 2.28. The number of para-hydroxylation sites is 1. The molecule has 0 saturated carbocycles. The van der Waals surface area contributed by atoms with Gasteiger partial charge in [-0.15, -0.1) is 0 Å². The topological polar surface area (TPSA) is 93.1 Å². The molecule has 0 aliphatic carbocycles. The Morgan fingerprint density at radius 2 is 1.44 bits per heavy atom. The van der Waals surface area contributed by atoms with Crippen molar-refractivity contribution < 1.29 is 19.8 Å². The van der Waals surface area contributed by atoms with Gasteiger partial charge in [0.05, 0.1) is 18.3 Å². The molecular formula is C29H33N3O4. The average molecular weight is 488 g/mol. The van der Waals surface area contributed by atoms with Crippen LogP contribution in [-0.4, -0.2) is 51.5 Å². The summed E-state index contributed by atoms with van der Waals surface area (Å²) >= 11 is 0. The lowest BCUT2D eigenvalue weighted by Gasteiger charge is -2.35. The number of benzene rings is 3. The summed E-state index contributed by atoms with van der Waals surface area (Å²) in [7, 11) is 0. The van der Waals surface area contributed by atoms with Crippen LogP contribution < -0.4 is 10.2 Å². The molecule has 3 N–H and O–H groups in total. The number of carbonyl (C=O) groups is 2. The van der Waals surface area contributed by atoms with Crippen molar-refractivity contribution in [1.29, 1.82) is 0 Å². The molecule has 1 heterocycles. The number of aliphatic hydroxyl groups is 1. The van der Waals surface area contributed by atoms with E-state index in [-0.39, 0.29) is 24.4 Å². The van der Waals surface area contributed by atoms with Gasteiger partial charge in [0.25, 0.3) is 0 Å². The number of rotatable bonds is 9. The van der Waals surface area contributed by atoms with Crippen LogP contribution in [0.15, 0.2) is 91.0 Å². The average Bonchev–Trinajstić information content (AvgIpc) is 3.21. The molecule has 1 unspecified atom stereocenters. The van der Waals surface area contributed by atoms with Crippen LogP contribution in [0.2, 0.25) is 0 Å². The van der Waals surface area contributed by atoms with Crippen molar-refractivity contribution in [2.45, 2.75) is 51.2 Å². The lowest BCUT2D eigenvalue weighted by molar-refractivity contribution is -0.133. The summed E-state index contributed by atoms with van der Waals surface area (Å²) < 4.78 is 0. The third kappa shape index (κ3) is 5.58. The van der Waals surface area contributed by atoms with Crippen molar-refractivity contribution in [3.05, 3.63) is 102 Å². The maximum Gasteiger partial charge on any atom is 0.412 e. The molecule has 3 aromatic carbocycles. The van der Waals surface area contributed by atoms with E-state index in [1.165, 1.54) is 4.90 Å². The van der Waals surface area contributed by atoms with Gasteiger partial charge >= 0.3 is 6.09 Å². The van der Waals surface area contributed by atoms with Crippen molar-refractivity contribution >= 4 is 17.7 Å². The molecule has 188 valence electrons.